The second-order valence-electron chi connectivity index (χ2n) is 3.42. The van der Waals surface area contributed by atoms with Gasteiger partial charge in [-0.2, -0.15) is 5.26 Å². The monoisotopic (exact) mass is 293 g/mol. The number of carbonyl (C=O) groups is 1. The van der Waals surface area contributed by atoms with E-state index in [4.69, 9.17) is 16.9 Å². The van der Waals surface area contributed by atoms with Gasteiger partial charge in [-0.25, -0.2) is 0 Å². The van der Waals surface area contributed by atoms with E-state index in [1.807, 2.05) is 6.07 Å². The average Bonchev–Trinajstić information content (AvgIpc) is 2.88. The van der Waals surface area contributed by atoms with Crippen LogP contribution in [0.1, 0.15) is 15.4 Å². The van der Waals surface area contributed by atoms with E-state index in [9.17, 15) is 4.79 Å². The van der Waals surface area contributed by atoms with Gasteiger partial charge >= 0.3 is 0 Å². The molecule has 2 N–H and O–H groups in total. The van der Waals surface area contributed by atoms with E-state index >= 15 is 0 Å². The maximum atomic E-state index is 11.9. The van der Waals surface area contributed by atoms with Crippen LogP contribution >= 0.6 is 22.9 Å². The third-order valence-corrected chi connectivity index (χ3v) is 3.36. The lowest BCUT2D eigenvalue weighted by molar-refractivity contribution is 0.102. The lowest BCUT2D eigenvalue weighted by atomic mass is 10.2. The molecule has 1 heterocycles. The van der Waals surface area contributed by atoms with E-state index in [1.54, 1.807) is 13.1 Å². The van der Waals surface area contributed by atoms with Gasteiger partial charge in [0.2, 0.25) is 10.1 Å². The molecule has 0 saturated heterocycles. The number of carbonyl (C=O) groups excluding carboxylic acids is 1. The fraction of sp³-hybridized carbons (Fsp3) is 0.0909. The molecule has 0 aliphatic heterocycles. The van der Waals surface area contributed by atoms with E-state index in [0.29, 0.717) is 21.4 Å². The summed E-state index contributed by atoms with van der Waals surface area (Å²) >= 11 is 6.95. The number of nitrogens with one attached hydrogen (secondary N) is 2. The summed E-state index contributed by atoms with van der Waals surface area (Å²) in [4.78, 5) is 11.9. The molecule has 0 radical (unpaired) electrons. The van der Waals surface area contributed by atoms with Crippen molar-refractivity contribution in [3.63, 3.8) is 0 Å². The van der Waals surface area contributed by atoms with Crippen molar-refractivity contribution in [2.45, 2.75) is 0 Å². The molecule has 8 heteroatoms. The Balaban J connectivity index is 2.23. The molecule has 6 nitrogen and oxygen atoms in total. The van der Waals surface area contributed by atoms with E-state index in [1.165, 1.54) is 12.1 Å². The number of amides is 1. The second-order valence-corrected chi connectivity index (χ2v) is 4.83. The highest BCUT2D eigenvalue weighted by atomic mass is 35.5. The van der Waals surface area contributed by atoms with Crippen LogP contribution in [0.2, 0.25) is 5.02 Å². The Hall–Kier alpha value is -2.17. The number of nitriles is 1. The minimum atomic E-state index is -0.433. The molecule has 0 spiro atoms. The zero-order chi connectivity index (χ0) is 13.8. The average molecular weight is 294 g/mol. The quantitative estimate of drug-likeness (QED) is 0.906. The van der Waals surface area contributed by atoms with Crippen LogP contribution in [-0.4, -0.2) is 23.2 Å². The van der Waals surface area contributed by atoms with Crippen molar-refractivity contribution in [1.29, 1.82) is 5.26 Å². The molecule has 0 aliphatic rings. The summed E-state index contributed by atoms with van der Waals surface area (Å²) in [5.41, 5.74) is 0.678. The van der Waals surface area contributed by atoms with Crippen LogP contribution in [0.5, 0.6) is 0 Å². The fourth-order valence-electron chi connectivity index (χ4n) is 1.31. The molecule has 0 atom stereocenters. The van der Waals surface area contributed by atoms with Crippen molar-refractivity contribution in [3.8, 4) is 6.07 Å². The third kappa shape index (κ3) is 2.99. The molecular formula is C11H8ClN5OS. The van der Waals surface area contributed by atoms with Crippen LogP contribution in [0.3, 0.4) is 0 Å². The van der Waals surface area contributed by atoms with Gasteiger partial charge in [-0.15, -0.1) is 10.2 Å². The van der Waals surface area contributed by atoms with E-state index in [0.717, 1.165) is 11.3 Å². The predicted octanol–water partition coefficient (Wildman–Crippen LogP) is 2.36. The maximum absolute atomic E-state index is 11.9. The fourth-order valence-corrected chi connectivity index (χ4v) is 2.07. The summed E-state index contributed by atoms with van der Waals surface area (Å²) in [6.07, 6.45) is 0. The van der Waals surface area contributed by atoms with Gasteiger partial charge in [0.1, 0.15) is 6.07 Å². The SMILES string of the molecule is CNc1nnc(C(=O)Nc2cc(Cl)ccc2C#N)s1. The molecule has 0 unspecified atom stereocenters. The molecule has 1 aromatic carbocycles. The first-order chi connectivity index (χ1) is 9.13. The van der Waals surface area contributed by atoms with Crippen LogP contribution in [0.15, 0.2) is 18.2 Å². The molecule has 0 aliphatic carbocycles. The Morgan fingerprint density at radius 1 is 1.47 bits per heavy atom. The standard InChI is InChI=1S/C11H8ClN5OS/c1-14-11-17-16-10(19-11)9(18)15-8-4-7(12)3-2-6(8)5-13/h2-4H,1H3,(H,14,17)(H,15,18). The Kier molecular flexibility index (Phi) is 3.94. The Morgan fingerprint density at radius 2 is 2.26 bits per heavy atom. The summed E-state index contributed by atoms with van der Waals surface area (Å²) in [7, 11) is 1.69. The van der Waals surface area contributed by atoms with Gasteiger partial charge < -0.3 is 10.6 Å². The molecule has 0 bridgehead atoms. The number of anilines is 2. The summed E-state index contributed by atoms with van der Waals surface area (Å²) in [6.45, 7) is 0. The number of halogens is 1. The zero-order valence-corrected chi connectivity index (χ0v) is 11.3. The normalized spacial score (nSPS) is 9.74. The molecule has 2 aromatic rings. The molecular weight excluding hydrogens is 286 g/mol. The van der Waals surface area contributed by atoms with Crippen LogP contribution in [0.4, 0.5) is 10.8 Å². The number of rotatable bonds is 3. The van der Waals surface area contributed by atoms with E-state index < -0.39 is 5.91 Å². The van der Waals surface area contributed by atoms with Crippen molar-refractivity contribution < 1.29 is 4.79 Å². The van der Waals surface area contributed by atoms with E-state index in [2.05, 4.69) is 20.8 Å². The topological polar surface area (TPSA) is 90.7 Å². The minimum Gasteiger partial charge on any atom is -0.363 e. The zero-order valence-electron chi connectivity index (χ0n) is 9.77. The maximum Gasteiger partial charge on any atom is 0.286 e. The number of nitrogens with zero attached hydrogens (tertiary/aromatic N) is 3. The number of benzene rings is 1. The van der Waals surface area contributed by atoms with Gasteiger partial charge in [-0.1, -0.05) is 22.9 Å². The molecule has 2 rings (SSSR count). The second kappa shape index (κ2) is 5.65. The first-order valence-corrected chi connectivity index (χ1v) is 6.35. The molecule has 1 aromatic heterocycles. The van der Waals surface area contributed by atoms with Crippen molar-refractivity contribution in [2.75, 3.05) is 17.7 Å². The van der Waals surface area contributed by atoms with Crippen molar-refractivity contribution in [3.05, 3.63) is 33.8 Å². The van der Waals surface area contributed by atoms with Gasteiger partial charge in [-0.3, -0.25) is 4.79 Å². The third-order valence-electron chi connectivity index (χ3n) is 2.18. The molecule has 1 amide bonds. The Labute approximate surface area is 118 Å². The van der Waals surface area contributed by atoms with Crippen LogP contribution in [0, 0.1) is 11.3 Å². The van der Waals surface area contributed by atoms with Crippen LogP contribution < -0.4 is 10.6 Å². The molecule has 19 heavy (non-hydrogen) atoms. The summed E-state index contributed by atoms with van der Waals surface area (Å²) in [5.74, 6) is -0.433. The van der Waals surface area contributed by atoms with Gasteiger partial charge in [0.15, 0.2) is 0 Å². The molecule has 0 saturated carbocycles. The number of aromatic nitrogens is 2. The minimum absolute atomic E-state index is 0.202. The number of hydrogen-bond acceptors (Lipinski definition) is 6. The Morgan fingerprint density at radius 3 is 2.89 bits per heavy atom. The van der Waals surface area contributed by atoms with Crippen LogP contribution in [-0.2, 0) is 0 Å². The molecule has 96 valence electrons. The lowest BCUT2D eigenvalue weighted by Crippen LogP contribution is -2.12. The van der Waals surface area contributed by atoms with Crippen molar-refractivity contribution >= 4 is 39.7 Å². The first kappa shape index (κ1) is 13.3. The van der Waals surface area contributed by atoms with Gasteiger partial charge in [0.05, 0.1) is 11.3 Å². The summed E-state index contributed by atoms with van der Waals surface area (Å²) in [5, 5.41) is 23.0. The number of hydrogen-bond donors (Lipinski definition) is 2. The van der Waals surface area contributed by atoms with Gasteiger partial charge in [0.25, 0.3) is 5.91 Å². The summed E-state index contributed by atoms with van der Waals surface area (Å²) in [6, 6.07) is 6.61. The Bertz CT molecular complexity index is 663. The van der Waals surface area contributed by atoms with Gasteiger partial charge in [0, 0.05) is 12.1 Å². The lowest BCUT2D eigenvalue weighted by Gasteiger charge is -2.05. The highest BCUT2D eigenvalue weighted by Gasteiger charge is 2.14. The van der Waals surface area contributed by atoms with Crippen molar-refractivity contribution in [1.82, 2.24) is 10.2 Å². The first-order valence-electron chi connectivity index (χ1n) is 5.16. The highest BCUT2D eigenvalue weighted by molar-refractivity contribution is 7.17. The smallest absolute Gasteiger partial charge is 0.286 e. The predicted molar refractivity (Wildman–Crippen MR) is 73.6 cm³/mol. The summed E-state index contributed by atoms with van der Waals surface area (Å²) < 4.78 is 0. The van der Waals surface area contributed by atoms with Gasteiger partial charge in [-0.05, 0) is 18.2 Å². The molecule has 0 fully saturated rings. The highest BCUT2D eigenvalue weighted by Crippen LogP contribution is 2.22. The van der Waals surface area contributed by atoms with Crippen molar-refractivity contribution in [2.24, 2.45) is 0 Å². The van der Waals surface area contributed by atoms with Crippen LogP contribution in [0.25, 0.3) is 0 Å². The van der Waals surface area contributed by atoms with E-state index in [-0.39, 0.29) is 5.01 Å². The largest absolute Gasteiger partial charge is 0.363 e.